The standard InChI is InChI=1S/C14H24N2O5S/c1-22(19,20)11-4-13(17)15-5-2-12(3-6-15)14(18)16-7-9-21-10-8-16/h12H,2-11H2,1H3. The highest BCUT2D eigenvalue weighted by molar-refractivity contribution is 7.90. The summed E-state index contributed by atoms with van der Waals surface area (Å²) in [6.07, 6.45) is 2.47. The summed E-state index contributed by atoms with van der Waals surface area (Å²) in [5.74, 6) is -0.121. The topological polar surface area (TPSA) is 84.0 Å². The molecule has 2 fully saturated rings. The number of carbonyl (C=O) groups excluding carboxylic acids is 2. The lowest BCUT2D eigenvalue weighted by Gasteiger charge is -2.35. The number of nitrogens with zero attached hydrogens (tertiary/aromatic N) is 2. The zero-order valence-corrected chi connectivity index (χ0v) is 13.8. The van der Waals surface area contributed by atoms with Crippen LogP contribution in [0.4, 0.5) is 0 Å². The molecule has 0 aromatic heterocycles. The second-order valence-corrected chi connectivity index (χ2v) is 8.23. The van der Waals surface area contributed by atoms with Crippen LogP contribution in [0.2, 0.25) is 0 Å². The van der Waals surface area contributed by atoms with Gasteiger partial charge >= 0.3 is 0 Å². The van der Waals surface area contributed by atoms with Gasteiger partial charge in [0.25, 0.3) is 0 Å². The number of morpholine rings is 1. The van der Waals surface area contributed by atoms with E-state index >= 15 is 0 Å². The largest absolute Gasteiger partial charge is 0.378 e. The molecule has 126 valence electrons. The first-order valence-corrected chi connectivity index (χ1v) is 9.75. The van der Waals surface area contributed by atoms with Crippen molar-refractivity contribution in [1.29, 1.82) is 0 Å². The normalized spacial score (nSPS) is 21.0. The molecule has 0 bridgehead atoms. The Hall–Kier alpha value is -1.15. The van der Waals surface area contributed by atoms with Crippen molar-refractivity contribution in [3.8, 4) is 0 Å². The van der Waals surface area contributed by atoms with Crippen molar-refractivity contribution in [3.63, 3.8) is 0 Å². The number of sulfone groups is 1. The van der Waals surface area contributed by atoms with Crippen LogP contribution in [0.1, 0.15) is 19.3 Å². The van der Waals surface area contributed by atoms with E-state index < -0.39 is 9.84 Å². The minimum absolute atomic E-state index is 0.0287. The van der Waals surface area contributed by atoms with Gasteiger partial charge < -0.3 is 14.5 Å². The van der Waals surface area contributed by atoms with Crippen LogP contribution in [0.25, 0.3) is 0 Å². The summed E-state index contributed by atoms with van der Waals surface area (Å²) in [4.78, 5) is 27.9. The molecule has 0 N–H and O–H groups in total. The lowest BCUT2D eigenvalue weighted by molar-refractivity contribution is -0.143. The van der Waals surface area contributed by atoms with E-state index in [-0.39, 0.29) is 29.9 Å². The van der Waals surface area contributed by atoms with Gasteiger partial charge in [0, 0.05) is 44.8 Å². The van der Waals surface area contributed by atoms with Crippen LogP contribution >= 0.6 is 0 Å². The Balaban J connectivity index is 1.77. The van der Waals surface area contributed by atoms with Gasteiger partial charge in [-0.05, 0) is 12.8 Å². The van der Waals surface area contributed by atoms with Crippen LogP contribution in [-0.2, 0) is 24.2 Å². The highest BCUT2D eigenvalue weighted by Crippen LogP contribution is 2.21. The highest BCUT2D eigenvalue weighted by atomic mass is 32.2. The molecule has 0 unspecified atom stereocenters. The van der Waals surface area contributed by atoms with Crippen molar-refractivity contribution in [2.24, 2.45) is 5.92 Å². The molecule has 7 nitrogen and oxygen atoms in total. The van der Waals surface area contributed by atoms with Crippen LogP contribution in [0, 0.1) is 5.92 Å². The average molecular weight is 332 g/mol. The van der Waals surface area contributed by atoms with Gasteiger partial charge in [0.15, 0.2) is 0 Å². The van der Waals surface area contributed by atoms with E-state index in [2.05, 4.69) is 0 Å². The van der Waals surface area contributed by atoms with Gasteiger partial charge in [0.05, 0.1) is 19.0 Å². The molecule has 0 saturated carbocycles. The molecule has 0 aromatic carbocycles. The maximum atomic E-state index is 12.4. The molecule has 8 heteroatoms. The second-order valence-electron chi connectivity index (χ2n) is 5.97. The van der Waals surface area contributed by atoms with Gasteiger partial charge in [0.1, 0.15) is 9.84 Å². The van der Waals surface area contributed by atoms with E-state index in [4.69, 9.17) is 4.74 Å². The molecule has 2 saturated heterocycles. The van der Waals surface area contributed by atoms with Crippen LogP contribution in [0.3, 0.4) is 0 Å². The third-order valence-corrected chi connectivity index (χ3v) is 5.15. The lowest BCUT2D eigenvalue weighted by atomic mass is 9.95. The predicted octanol–water partition coefficient (Wildman–Crippen LogP) is -0.481. The molecule has 0 spiro atoms. The van der Waals surface area contributed by atoms with E-state index in [1.54, 1.807) is 4.90 Å². The van der Waals surface area contributed by atoms with Gasteiger partial charge in [-0.3, -0.25) is 9.59 Å². The quantitative estimate of drug-likeness (QED) is 0.694. The van der Waals surface area contributed by atoms with Crippen molar-refractivity contribution in [3.05, 3.63) is 0 Å². The monoisotopic (exact) mass is 332 g/mol. The third kappa shape index (κ3) is 4.95. The molecule has 0 atom stereocenters. The van der Waals surface area contributed by atoms with E-state index in [1.165, 1.54) is 0 Å². The fourth-order valence-corrected chi connectivity index (χ4v) is 3.39. The number of likely N-dealkylation sites (tertiary alicyclic amines) is 1. The van der Waals surface area contributed by atoms with Crippen LogP contribution < -0.4 is 0 Å². The van der Waals surface area contributed by atoms with E-state index in [0.717, 1.165) is 6.26 Å². The van der Waals surface area contributed by atoms with E-state index in [1.807, 2.05) is 4.90 Å². The van der Waals surface area contributed by atoms with Crippen molar-refractivity contribution in [2.75, 3.05) is 51.4 Å². The van der Waals surface area contributed by atoms with Crippen LogP contribution in [0.5, 0.6) is 0 Å². The first-order valence-electron chi connectivity index (χ1n) is 7.69. The minimum Gasteiger partial charge on any atom is -0.378 e. The SMILES string of the molecule is CS(=O)(=O)CCC(=O)N1CCC(C(=O)N2CCOCC2)CC1. The summed E-state index contributed by atoms with van der Waals surface area (Å²) in [5.41, 5.74) is 0. The number of piperidine rings is 1. The smallest absolute Gasteiger partial charge is 0.225 e. The molecular formula is C14H24N2O5S. The maximum Gasteiger partial charge on any atom is 0.225 e. The Bertz CT molecular complexity index is 505. The maximum absolute atomic E-state index is 12.4. The first kappa shape index (κ1) is 17.2. The molecule has 0 radical (unpaired) electrons. The molecule has 0 aliphatic carbocycles. The van der Waals surface area contributed by atoms with Gasteiger partial charge in [-0.2, -0.15) is 0 Å². The summed E-state index contributed by atoms with van der Waals surface area (Å²) < 4.78 is 27.5. The number of carbonyl (C=O) groups is 2. The molecule has 2 rings (SSSR count). The van der Waals surface area contributed by atoms with E-state index in [9.17, 15) is 18.0 Å². The van der Waals surface area contributed by atoms with Crippen LogP contribution in [0.15, 0.2) is 0 Å². The second kappa shape index (κ2) is 7.41. The predicted molar refractivity (Wildman–Crippen MR) is 81.0 cm³/mol. The summed E-state index contributed by atoms with van der Waals surface area (Å²) in [7, 11) is -3.12. The van der Waals surface area contributed by atoms with Crippen molar-refractivity contribution < 1.29 is 22.7 Å². The summed E-state index contributed by atoms with van der Waals surface area (Å²) in [6.45, 7) is 3.54. The molecule has 2 aliphatic rings. The van der Waals surface area contributed by atoms with Crippen molar-refractivity contribution in [2.45, 2.75) is 19.3 Å². The first-order chi connectivity index (χ1) is 10.4. The van der Waals surface area contributed by atoms with Gasteiger partial charge in [-0.25, -0.2) is 8.42 Å². The summed E-state index contributed by atoms with van der Waals surface area (Å²) in [5, 5.41) is 0. The van der Waals surface area contributed by atoms with Crippen LogP contribution in [-0.4, -0.2) is 81.4 Å². The van der Waals surface area contributed by atoms with E-state index in [0.29, 0.717) is 52.2 Å². The number of rotatable bonds is 4. The van der Waals surface area contributed by atoms with Gasteiger partial charge in [-0.1, -0.05) is 0 Å². The Kier molecular flexibility index (Phi) is 5.80. The zero-order chi connectivity index (χ0) is 16.2. The number of ether oxygens (including phenoxy) is 1. The fourth-order valence-electron chi connectivity index (χ4n) is 2.85. The number of amides is 2. The van der Waals surface area contributed by atoms with Crippen molar-refractivity contribution >= 4 is 21.7 Å². The lowest BCUT2D eigenvalue weighted by Crippen LogP contribution is -2.47. The molecule has 2 heterocycles. The minimum atomic E-state index is -3.12. The zero-order valence-electron chi connectivity index (χ0n) is 13.0. The average Bonchev–Trinajstić information content (AvgIpc) is 2.52. The molecular weight excluding hydrogens is 308 g/mol. The third-order valence-electron chi connectivity index (χ3n) is 4.21. The summed E-state index contributed by atoms with van der Waals surface area (Å²) >= 11 is 0. The van der Waals surface area contributed by atoms with Crippen molar-refractivity contribution in [1.82, 2.24) is 9.80 Å². The molecule has 0 aromatic rings. The Morgan fingerprint density at radius 1 is 1.05 bits per heavy atom. The Morgan fingerprint density at radius 2 is 1.64 bits per heavy atom. The van der Waals surface area contributed by atoms with Gasteiger partial charge in [0.2, 0.25) is 11.8 Å². The van der Waals surface area contributed by atoms with Gasteiger partial charge in [-0.15, -0.1) is 0 Å². The summed E-state index contributed by atoms with van der Waals surface area (Å²) in [6, 6.07) is 0. The Labute approximate surface area is 131 Å². The highest BCUT2D eigenvalue weighted by Gasteiger charge is 2.30. The molecule has 22 heavy (non-hydrogen) atoms. The molecule has 2 amide bonds. The Morgan fingerprint density at radius 3 is 2.18 bits per heavy atom. The number of hydrogen-bond donors (Lipinski definition) is 0. The number of hydrogen-bond acceptors (Lipinski definition) is 5. The fraction of sp³-hybridized carbons (Fsp3) is 0.857. The molecule has 2 aliphatic heterocycles.